The van der Waals surface area contributed by atoms with Gasteiger partial charge < -0.3 is 18.6 Å². The van der Waals surface area contributed by atoms with Crippen LogP contribution in [-0.2, 0) is 19.0 Å². The van der Waals surface area contributed by atoms with Crippen molar-refractivity contribution in [3.63, 3.8) is 0 Å². The zero-order valence-electron chi connectivity index (χ0n) is 8.92. The molecule has 0 radical (unpaired) electrons. The molecule has 1 fully saturated rings. The van der Waals surface area contributed by atoms with Crippen molar-refractivity contribution >= 4 is 6.47 Å². The van der Waals surface area contributed by atoms with E-state index >= 15 is 0 Å². The highest BCUT2D eigenvalue weighted by Crippen LogP contribution is 2.34. The van der Waals surface area contributed by atoms with Crippen molar-refractivity contribution in [2.45, 2.75) is 18.6 Å². The summed E-state index contributed by atoms with van der Waals surface area (Å²) in [5.74, 6) is -1.11. The second kappa shape index (κ2) is 4.63. The maximum atomic E-state index is 10.3. The second-order valence-corrected chi connectivity index (χ2v) is 3.61. The van der Waals surface area contributed by atoms with Crippen molar-refractivity contribution in [2.75, 3.05) is 19.8 Å². The number of rotatable bonds is 5. The van der Waals surface area contributed by atoms with Gasteiger partial charge in [-0.3, -0.25) is 4.79 Å². The van der Waals surface area contributed by atoms with Gasteiger partial charge >= 0.3 is 0 Å². The molecule has 0 saturated carbocycles. The molecule has 1 aliphatic rings. The predicted octanol–water partition coefficient (Wildman–Crippen LogP) is 0.694. The minimum atomic E-state index is -0.820. The zero-order valence-corrected chi connectivity index (χ0v) is 8.92. The van der Waals surface area contributed by atoms with Gasteiger partial charge in [-0.15, -0.1) is 0 Å². The molecule has 88 valence electrons. The number of aromatic nitrogens is 1. The average Bonchev–Trinajstić information content (AvgIpc) is 2.91. The molecule has 0 N–H and O–H groups in total. The van der Waals surface area contributed by atoms with E-state index in [2.05, 4.69) is 4.98 Å². The van der Waals surface area contributed by atoms with Gasteiger partial charge in [-0.25, -0.2) is 4.98 Å². The number of carbonyl (C=O) groups is 1. The van der Waals surface area contributed by atoms with Gasteiger partial charge in [-0.2, -0.15) is 0 Å². The first-order valence-electron chi connectivity index (χ1n) is 4.97. The van der Waals surface area contributed by atoms with E-state index in [1.165, 1.54) is 12.7 Å². The smallest absolute Gasteiger partial charge is 0.293 e. The van der Waals surface area contributed by atoms with E-state index in [0.717, 1.165) is 0 Å². The lowest BCUT2D eigenvalue weighted by molar-refractivity contribution is -0.172. The molecule has 0 amide bonds. The van der Waals surface area contributed by atoms with Gasteiger partial charge in [0.05, 0.1) is 24.8 Å². The highest BCUT2D eigenvalue weighted by atomic mass is 16.7. The van der Waals surface area contributed by atoms with Crippen LogP contribution in [0, 0.1) is 0 Å². The first-order chi connectivity index (χ1) is 7.76. The van der Waals surface area contributed by atoms with E-state index in [4.69, 9.17) is 18.6 Å². The van der Waals surface area contributed by atoms with Crippen LogP contribution in [0.2, 0.25) is 0 Å². The van der Waals surface area contributed by atoms with Gasteiger partial charge in [0.2, 0.25) is 0 Å². The van der Waals surface area contributed by atoms with Gasteiger partial charge in [-0.05, 0) is 6.92 Å². The standard InChI is InChI=1S/C10H13NO5/c1-10(15-2-3-16-10)8(4-14-7-12)9-5-13-6-11-9/h5-8H,2-4H2,1H3. The summed E-state index contributed by atoms with van der Waals surface area (Å²) < 4.78 is 20.7. The molecule has 1 saturated heterocycles. The third-order valence-corrected chi connectivity index (χ3v) is 2.63. The van der Waals surface area contributed by atoms with Crippen LogP contribution in [0.15, 0.2) is 17.1 Å². The highest BCUT2D eigenvalue weighted by Gasteiger charge is 2.42. The van der Waals surface area contributed by atoms with Crippen molar-refractivity contribution < 1.29 is 23.4 Å². The van der Waals surface area contributed by atoms with Gasteiger partial charge in [0.25, 0.3) is 6.47 Å². The van der Waals surface area contributed by atoms with Crippen LogP contribution in [0.1, 0.15) is 18.5 Å². The summed E-state index contributed by atoms with van der Waals surface area (Å²) in [6, 6.07) is 0. The van der Waals surface area contributed by atoms with Crippen molar-refractivity contribution in [3.8, 4) is 0 Å². The van der Waals surface area contributed by atoms with E-state index in [0.29, 0.717) is 25.4 Å². The average molecular weight is 227 g/mol. The van der Waals surface area contributed by atoms with Crippen molar-refractivity contribution in [1.82, 2.24) is 4.98 Å². The maximum Gasteiger partial charge on any atom is 0.293 e. The third-order valence-electron chi connectivity index (χ3n) is 2.63. The molecule has 6 nitrogen and oxygen atoms in total. The van der Waals surface area contributed by atoms with Gasteiger partial charge in [0.15, 0.2) is 12.2 Å². The Morgan fingerprint density at radius 1 is 1.62 bits per heavy atom. The molecule has 6 heteroatoms. The topological polar surface area (TPSA) is 70.8 Å². The van der Waals surface area contributed by atoms with E-state index in [-0.39, 0.29) is 12.5 Å². The Labute approximate surface area is 92.5 Å². The zero-order chi connectivity index (χ0) is 11.4. The van der Waals surface area contributed by atoms with Crippen molar-refractivity contribution in [2.24, 2.45) is 0 Å². The Balaban J connectivity index is 2.16. The minimum Gasteiger partial charge on any atom is -0.467 e. The Bertz CT molecular complexity index is 331. The van der Waals surface area contributed by atoms with Crippen molar-refractivity contribution in [1.29, 1.82) is 0 Å². The fourth-order valence-corrected chi connectivity index (χ4v) is 1.77. The fraction of sp³-hybridized carbons (Fsp3) is 0.600. The molecule has 2 heterocycles. The molecule has 1 aromatic heterocycles. The summed E-state index contributed by atoms with van der Waals surface area (Å²) in [6.45, 7) is 3.38. The van der Waals surface area contributed by atoms with Crippen LogP contribution in [0.3, 0.4) is 0 Å². The first-order valence-corrected chi connectivity index (χ1v) is 4.97. The van der Waals surface area contributed by atoms with Gasteiger partial charge in [0.1, 0.15) is 12.9 Å². The Morgan fingerprint density at radius 3 is 2.94 bits per heavy atom. The third kappa shape index (κ3) is 2.07. The molecular weight excluding hydrogens is 214 g/mol. The Kier molecular flexibility index (Phi) is 3.21. The predicted molar refractivity (Wildman–Crippen MR) is 51.6 cm³/mol. The number of oxazole rings is 1. The molecular formula is C10H13NO5. The summed E-state index contributed by atoms with van der Waals surface area (Å²) >= 11 is 0. The lowest BCUT2D eigenvalue weighted by Crippen LogP contribution is -2.37. The number of nitrogens with zero attached hydrogens (tertiary/aromatic N) is 1. The largest absolute Gasteiger partial charge is 0.467 e. The van der Waals surface area contributed by atoms with E-state index in [1.54, 1.807) is 6.92 Å². The second-order valence-electron chi connectivity index (χ2n) is 3.61. The molecule has 0 aromatic carbocycles. The van der Waals surface area contributed by atoms with E-state index in [1.807, 2.05) is 0 Å². The lowest BCUT2D eigenvalue weighted by Gasteiger charge is -2.29. The first kappa shape index (κ1) is 11.1. The summed E-state index contributed by atoms with van der Waals surface area (Å²) in [5.41, 5.74) is 0.645. The van der Waals surface area contributed by atoms with Crippen LogP contribution in [-0.4, -0.2) is 37.1 Å². The molecule has 16 heavy (non-hydrogen) atoms. The van der Waals surface area contributed by atoms with Crippen LogP contribution >= 0.6 is 0 Å². The molecule has 1 aromatic rings. The molecule has 1 atom stereocenters. The SMILES string of the molecule is CC1(C(COC=O)c2cocn2)OCCO1. The molecule has 2 rings (SSSR count). The number of carbonyl (C=O) groups excluding carboxylic acids is 1. The molecule has 0 bridgehead atoms. The summed E-state index contributed by atoms with van der Waals surface area (Å²) in [4.78, 5) is 14.3. The minimum absolute atomic E-state index is 0.145. The Morgan fingerprint density at radius 2 is 2.38 bits per heavy atom. The highest BCUT2D eigenvalue weighted by molar-refractivity contribution is 5.37. The Hall–Kier alpha value is -1.40. The van der Waals surface area contributed by atoms with E-state index < -0.39 is 5.79 Å². The number of hydrogen-bond acceptors (Lipinski definition) is 6. The van der Waals surface area contributed by atoms with Gasteiger partial charge in [-0.1, -0.05) is 0 Å². The normalized spacial score (nSPS) is 20.6. The summed E-state index contributed by atoms with van der Waals surface area (Å²) in [6.07, 6.45) is 2.82. The summed E-state index contributed by atoms with van der Waals surface area (Å²) in [5, 5.41) is 0. The number of ether oxygens (including phenoxy) is 3. The van der Waals surface area contributed by atoms with Crippen LogP contribution in [0.5, 0.6) is 0 Å². The molecule has 1 aliphatic heterocycles. The quantitative estimate of drug-likeness (QED) is 0.689. The lowest BCUT2D eigenvalue weighted by atomic mass is 9.98. The monoisotopic (exact) mass is 227 g/mol. The fourth-order valence-electron chi connectivity index (χ4n) is 1.77. The van der Waals surface area contributed by atoms with Crippen molar-refractivity contribution in [3.05, 3.63) is 18.4 Å². The number of hydrogen-bond donors (Lipinski definition) is 0. The molecule has 0 aliphatic carbocycles. The van der Waals surface area contributed by atoms with Gasteiger partial charge in [0, 0.05) is 0 Å². The maximum absolute atomic E-state index is 10.3. The van der Waals surface area contributed by atoms with Crippen LogP contribution < -0.4 is 0 Å². The van der Waals surface area contributed by atoms with Crippen LogP contribution in [0.4, 0.5) is 0 Å². The molecule has 0 spiro atoms. The van der Waals surface area contributed by atoms with E-state index in [9.17, 15) is 4.79 Å². The van der Waals surface area contributed by atoms with Crippen LogP contribution in [0.25, 0.3) is 0 Å². The molecule has 1 unspecified atom stereocenters. The summed E-state index contributed by atoms with van der Waals surface area (Å²) in [7, 11) is 0.